The van der Waals surface area contributed by atoms with Crippen LogP contribution in [0.3, 0.4) is 0 Å². The maximum atomic E-state index is 11.3. The molecule has 7 heteroatoms. The summed E-state index contributed by atoms with van der Waals surface area (Å²) < 4.78 is 0. The number of nitrogens with zero attached hydrogens (tertiary/aromatic N) is 3. The Balaban J connectivity index is 1.75. The fourth-order valence-corrected chi connectivity index (χ4v) is 4.67. The van der Waals surface area contributed by atoms with Crippen LogP contribution in [0.4, 0.5) is 10.6 Å². The number of para-hydroxylation sites is 1. The monoisotopic (exact) mass is 434 g/mol. The molecular formula is C25H30N4O3. The van der Waals surface area contributed by atoms with Gasteiger partial charge in [-0.3, -0.25) is 0 Å². The van der Waals surface area contributed by atoms with Crippen LogP contribution in [0, 0.1) is 12.8 Å². The molecule has 7 nitrogen and oxygen atoms in total. The summed E-state index contributed by atoms with van der Waals surface area (Å²) in [5, 5.41) is 23.4. The number of aromatic hydroxyl groups is 1. The molecule has 1 aromatic heterocycles. The molecule has 1 saturated heterocycles. The van der Waals surface area contributed by atoms with E-state index in [9.17, 15) is 15.0 Å². The molecule has 2 aromatic carbocycles. The van der Waals surface area contributed by atoms with Gasteiger partial charge in [-0.15, -0.1) is 0 Å². The minimum Gasteiger partial charge on any atom is -0.507 e. The predicted molar refractivity (Wildman–Crippen MR) is 126 cm³/mol. The van der Waals surface area contributed by atoms with Gasteiger partial charge >= 0.3 is 6.09 Å². The molecule has 4 rings (SSSR count). The number of fused-ring (bicyclic) bond motifs is 1. The van der Waals surface area contributed by atoms with Crippen molar-refractivity contribution in [3.8, 4) is 17.1 Å². The quantitative estimate of drug-likeness (QED) is 0.507. The number of nitrogens with one attached hydrogen (secondary N) is 1. The largest absolute Gasteiger partial charge is 0.507 e. The van der Waals surface area contributed by atoms with E-state index in [0.717, 1.165) is 61.1 Å². The minimum atomic E-state index is -0.967. The summed E-state index contributed by atoms with van der Waals surface area (Å²) in [7, 11) is 0. The first kappa shape index (κ1) is 21.9. The third kappa shape index (κ3) is 4.61. The van der Waals surface area contributed by atoms with Crippen molar-refractivity contribution in [2.75, 3.05) is 18.0 Å². The van der Waals surface area contributed by atoms with E-state index in [0.29, 0.717) is 11.4 Å². The van der Waals surface area contributed by atoms with Gasteiger partial charge in [-0.2, -0.15) is 0 Å². The van der Waals surface area contributed by atoms with E-state index in [1.165, 1.54) is 0 Å². The van der Waals surface area contributed by atoms with Gasteiger partial charge in [-0.05, 0) is 61.9 Å². The average Bonchev–Trinajstić information content (AvgIpc) is 2.78. The Morgan fingerprint density at radius 3 is 2.81 bits per heavy atom. The number of benzene rings is 2. The van der Waals surface area contributed by atoms with E-state index in [1.807, 2.05) is 25.1 Å². The molecule has 1 aliphatic rings. The second-order valence-corrected chi connectivity index (χ2v) is 8.60. The lowest BCUT2D eigenvalue weighted by molar-refractivity contribution is 0.179. The van der Waals surface area contributed by atoms with Crippen molar-refractivity contribution in [2.45, 2.75) is 45.6 Å². The van der Waals surface area contributed by atoms with Crippen LogP contribution in [0.1, 0.15) is 38.2 Å². The highest BCUT2D eigenvalue weighted by Crippen LogP contribution is 2.34. The van der Waals surface area contributed by atoms with Gasteiger partial charge in [0.05, 0.1) is 11.1 Å². The summed E-state index contributed by atoms with van der Waals surface area (Å²) in [5.74, 6) is 1.69. The number of carbonyl (C=O) groups is 1. The molecule has 168 valence electrons. The molecule has 3 aromatic rings. The molecule has 1 unspecified atom stereocenters. The molecule has 0 saturated carbocycles. The Labute approximate surface area is 188 Å². The Hall–Kier alpha value is -3.35. The van der Waals surface area contributed by atoms with Crippen molar-refractivity contribution in [3.63, 3.8) is 0 Å². The number of amides is 1. The number of hydrogen-bond donors (Lipinski definition) is 3. The number of anilines is 1. The van der Waals surface area contributed by atoms with Gasteiger partial charge in [0.15, 0.2) is 5.82 Å². The Morgan fingerprint density at radius 1 is 1.25 bits per heavy atom. The van der Waals surface area contributed by atoms with Crippen LogP contribution < -0.4 is 10.2 Å². The highest BCUT2D eigenvalue weighted by atomic mass is 16.4. The van der Waals surface area contributed by atoms with Gasteiger partial charge in [0.2, 0.25) is 0 Å². The molecule has 32 heavy (non-hydrogen) atoms. The van der Waals surface area contributed by atoms with Crippen LogP contribution in [-0.4, -0.2) is 45.4 Å². The van der Waals surface area contributed by atoms with Gasteiger partial charge in [-0.1, -0.05) is 31.5 Å². The van der Waals surface area contributed by atoms with Crippen LogP contribution in [0.5, 0.6) is 5.75 Å². The standard InChI is InChI=1S/C25H30N4O3/c1-3-7-20(27-25(31)32)17-8-6-13-29(15-17)24-18-12-11-16(2)14-21(18)26-23(28-24)19-9-4-5-10-22(19)30/h4-5,9-12,14,17,20,27,30H,3,6-8,13,15H2,1-2H3,(H,31,32)/t17-,20?/m0/s1. The first-order chi connectivity index (χ1) is 15.5. The Bertz CT molecular complexity index is 1120. The first-order valence-electron chi connectivity index (χ1n) is 11.3. The van der Waals surface area contributed by atoms with Gasteiger partial charge in [-0.25, -0.2) is 14.8 Å². The first-order valence-corrected chi connectivity index (χ1v) is 11.3. The van der Waals surface area contributed by atoms with E-state index < -0.39 is 6.09 Å². The topological polar surface area (TPSA) is 98.6 Å². The van der Waals surface area contributed by atoms with Gasteiger partial charge in [0, 0.05) is 24.5 Å². The third-order valence-electron chi connectivity index (χ3n) is 6.21. The van der Waals surface area contributed by atoms with Crippen LogP contribution >= 0.6 is 0 Å². The number of rotatable bonds is 6. The van der Waals surface area contributed by atoms with Crippen molar-refractivity contribution >= 4 is 22.8 Å². The molecule has 3 N–H and O–H groups in total. The third-order valence-corrected chi connectivity index (χ3v) is 6.21. The molecule has 0 bridgehead atoms. The van der Waals surface area contributed by atoms with E-state index in [2.05, 4.69) is 29.3 Å². The number of aromatic nitrogens is 2. The SMILES string of the molecule is CCCC(NC(=O)O)[C@H]1CCCN(c2nc(-c3ccccc3O)nc3cc(C)ccc23)C1. The van der Waals surface area contributed by atoms with Crippen molar-refractivity contribution in [3.05, 3.63) is 48.0 Å². The smallest absolute Gasteiger partial charge is 0.404 e. The molecule has 2 atom stereocenters. The Kier molecular flexibility index (Phi) is 6.44. The normalized spacial score (nSPS) is 17.3. The van der Waals surface area contributed by atoms with E-state index in [-0.39, 0.29) is 17.7 Å². The van der Waals surface area contributed by atoms with Crippen molar-refractivity contribution in [1.29, 1.82) is 0 Å². The summed E-state index contributed by atoms with van der Waals surface area (Å²) in [5.41, 5.74) is 2.54. The van der Waals surface area contributed by atoms with Gasteiger partial charge < -0.3 is 20.4 Å². The number of hydrogen-bond acceptors (Lipinski definition) is 5. The van der Waals surface area contributed by atoms with Crippen LogP contribution in [0.25, 0.3) is 22.3 Å². The van der Waals surface area contributed by atoms with Crippen molar-refractivity contribution in [2.24, 2.45) is 5.92 Å². The molecule has 1 amide bonds. The fourth-order valence-electron chi connectivity index (χ4n) is 4.67. The lowest BCUT2D eigenvalue weighted by Crippen LogP contribution is -2.47. The minimum absolute atomic E-state index is 0.0757. The number of aryl methyl sites for hydroxylation is 1. The zero-order valence-electron chi connectivity index (χ0n) is 18.6. The average molecular weight is 435 g/mol. The maximum Gasteiger partial charge on any atom is 0.404 e. The van der Waals surface area contributed by atoms with Crippen molar-refractivity contribution in [1.82, 2.24) is 15.3 Å². The van der Waals surface area contributed by atoms with Crippen LogP contribution in [0.2, 0.25) is 0 Å². The fraction of sp³-hybridized carbons (Fsp3) is 0.400. The maximum absolute atomic E-state index is 11.3. The molecular weight excluding hydrogens is 404 g/mol. The Morgan fingerprint density at radius 2 is 2.06 bits per heavy atom. The number of phenolic OH excluding ortho intramolecular Hbond substituents is 1. The summed E-state index contributed by atoms with van der Waals surface area (Å²) >= 11 is 0. The summed E-state index contributed by atoms with van der Waals surface area (Å²) in [6.45, 7) is 5.69. The molecule has 0 radical (unpaired) electrons. The highest BCUT2D eigenvalue weighted by Gasteiger charge is 2.29. The zero-order valence-corrected chi connectivity index (χ0v) is 18.6. The van der Waals surface area contributed by atoms with Crippen LogP contribution in [0.15, 0.2) is 42.5 Å². The van der Waals surface area contributed by atoms with Crippen molar-refractivity contribution < 1.29 is 15.0 Å². The summed E-state index contributed by atoms with van der Waals surface area (Å²) in [6.07, 6.45) is 2.72. The lowest BCUT2D eigenvalue weighted by atomic mass is 9.88. The van der Waals surface area contributed by atoms with Gasteiger partial charge in [0.1, 0.15) is 11.6 Å². The zero-order chi connectivity index (χ0) is 22.7. The van der Waals surface area contributed by atoms with Gasteiger partial charge in [0.25, 0.3) is 0 Å². The molecule has 1 fully saturated rings. The van der Waals surface area contributed by atoms with E-state index in [1.54, 1.807) is 12.1 Å². The summed E-state index contributed by atoms with van der Waals surface area (Å²) in [6, 6.07) is 13.2. The van der Waals surface area contributed by atoms with Crippen LogP contribution in [-0.2, 0) is 0 Å². The predicted octanol–water partition coefficient (Wildman–Crippen LogP) is 4.96. The molecule has 0 spiro atoms. The molecule has 1 aliphatic heterocycles. The van der Waals surface area contributed by atoms with E-state index in [4.69, 9.17) is 9.97 Å². The highest BCUT2D eigenvalue weighted by molar-refractivity contribution is 5.92. The number of carboxylic acid groups (broad SMARTS) is 1. The number of piperidine rings is 1. The molecule has 2 heterocycles. The second kappa shape index (κ2) is 9.42. The number of phenols is 1. The lowest BCUT2D eigenvalue weighted by Gasteiger charge is -2.38. The summed E-state index contributed by atoms with van der Waals surface area (Å²) in [4.78, 5) is 23.3. The molecule has 0 aliphatic carbocycles. The van der Waals surface area contributed by atoms with E-state index >= 15 is 0 Å². The second-order valence-electron chi connectivity index (χ2n) is 8.60.